The molecular formula is C15H17N3OS. The Balaban J connectivity index is 1.89. The second kappa shape index (κ2) is 4.90. The Kier molecular flexibility index (Phi) is 3.22. The summed E-state index contributed by atoms with van der Waals surface area (Å²) in [4.78, 5) is 19.2. The SMILES string of the molecule is Cc1nc(N)sc1C(=O)N(C)C1CCc2ccccc21. The summed E-state index contributed by atoms with van der Waals surface area (Å²) < 4.78 is 0. The molecule has 1 heterocycles. The van der Waals surface area contributed by atoms with Crippen molar-refractivity contribution in [1.29, 1.82) is 0 Å². The van der Waals surface area contributed by atoms with E-state index in [1.54, 1.807) is 0 Å². The highest BCUT2D eigenvalue weighted by atomic mass is 32.1. The molecule has 2 aromatic rings. The molecule has 0 bridgehead atoms. The number of nitrogens with two attached hydrogens (primary N) is 1. The molecular weight excluding hydrogens is 270 g/mol. The highest BCUT2D eigenvalue weighted by Crippen LogP contribution is 2.36. The third-order valence-corrected chi connectivity index (χ3v) is 4.87. The van der Waals surface area contributed by atoms with Gasteiger partial charge in [-0.15, -0.1) is 0 Å². The normalized spacial score (nSPS) is 17.0. The van der Waals surface area contributed by atoms with Crippen LogP contribution in [0.25, 0.3) is 0 Å². The number of hydrogen-bond acceptors (Lipinski definition) is 4. The molecule has 0 aliphatic heterocycles. The Hall–Kier alpha value is -1.88. The van der Waals surface area contributed by atoms with Crippen molar-refractivity contribution in [3.8, 4) is 0 Å². The number of hydrogen-bond donors (Lipinski definition) is 1. The fraction of sp³-hybridized carbons (Fsp3) is 0.333. The van der Waals surface area contributed by atoms with Crippen molar-refractivity contribution in [2.24, 2.45) is 0 Å². The summed E-state index contributed by atoms with van der Waals surface area (Å²) in [6.07, 6.45) is 2.01. The zero-order valence-electron chi connectivity index (χ0n) is 11.6. The maximum atomic E-state index is 12.6. The van der Waals surface area contributed by atoms with Crippen LogP contribution in [0.1, 0.15) is 39.0 Å². The van der Waals surface area contributed by atoms with Gasteiger partial charge in [0.25, 0.3) is 5.91 Å². The first kappa shape index (κ1) is 13.1. The van der Waals surface area contributed by atoms with Crippen LogP contribution >= 0.6 is 11.3 Å². The Morgan fingerprint density at radius 1 is 1.45 bits per heavy atom. The highest BCUT2D eigenvalue weighted by Gasteiger charge is 2.30. The van der Waals surface area contributed by atoms with Crippen LogP contribution in [0.2, 0.25) is 0 Å². The molecule has 2 N–H and O–H groups in total. The summed E-state index contributed by atoms with van der Waals surface area (Å²) in [7, 11) is 1.87. The van der Waals surface area contributed by atoms with E-state index in [1.807, 2.05) is 24.9 Å². The van der Waals surface area contributed by atoms with E-state index in [9.17, 15) is 4.79 Å². The Bertz CT molecular complexity index is 665. The number of anilines is 1. The standard InChI is InChI=1S/C15H17N3OS/c1-9-13(20-15(16)17-9)14(19)18(2)12-8-7-10-5-3-4-6-11(10)12/h3-6,12H,7-8H2,1-2H3,(H2,16,17). The molecule has 1 amide bonds. The first-order valence-corrected chi connectivity index (χ1v) is 7.47. The molecule has 0 radical (unpaired) electrons. The van der Waals surface area contributed by atoms with E-state index >= 15 is 0 Å². The lowest BCUT2D eigenvalue weighted by atomic mass is 10.1. The second-order valence-corrected chi connectivity index (χ2v) is 6.17. The van der Waals surface area contributed by atoms with Crippen LogP contribution in [0.3, 0.4) is 0 Å². The largest absolute Gasteiger partial charge is 0.375 e. The topological polar surface area (TPSA) is 59.2 Å². The van der Waals surface area contributed by atoms with Crippen molar-refractivity contribution in [3.63, 3.8) is 0 Å². The van der Waals surface area contributed by atoms with Crippen molar-refractivity contribution in [2.75, 3.05) is 12.8 Å². The van der Waals surface area contributed by atoms with E-state index in [0.29, 0.717) is 10.0 Å². The van der Waals surface area contributed by atoms with Crippen molar-refractivity contribution in [3.05, 3.63) is 46.0 Å². The molecule has 0 saturated heterocycles. The van der Waals surface area contributed by atoms with Gasteiger partial charge in [0.2, 0.25) is 0 Å². The van der Waals surface area contributed by atoms with E-state index < -0.39 is 0 Å². The molecule has 0 saturated carbocycles. The zero-order chi connectivity index (χ0) is 14.3. The fourth-order valence-electron chi connectivity index (χ4n) is 2.85. The minimum atomic E-state index is 0.0124. The number of rotatable bonds is 2. The third kappa shape index (κ3) is 2.08. The van der Waals surface area contributed by atoms with Gasteiger partial charge in [0.1, 0.15) is 4.88 Å². The number of amides is 1. The summed E-state index contributed by atoms with van der Waals surface area (Å²) in [6.45, 7) is 1.83. The van der Waals surface area contributed by atoms with Gasteiger partial charge in [-0.3, -0.25) is 4.79 Å². The van der Waals surface area contributed by atoms with E-state index in [1.165, 1.54) is 22.5 Å². The lowest BCUT2D eigenvalue weighted by Gasteiger charge is -2.25. The second-order valence-electron chi connectivity index (χ2n) is 5.14. The van der Waals surface area contributed by atoms with Gasteiger partial charge in [-0.2, -0.15) is 0 Å². The molecule has 1 aliphatic rings. The Labute approximate surface area is 122 Å². The van der Waals surface area contributed by atoms with Gasteiger partial charge in [0.15, 0.2) is 5.13 Å². The van der Waals surface area contributed by atoms with Crippen LogP contribution in [0.15, 0.2) is 24.3 Å². The van der Waals surface area contributed by atoms with Gasteiger partial charge in [-0.25, -0.2) is 4.98 Å². The number of carbonyl (C=O) groups is 1. The molecule has 104 valence electrons. The lowest BCUT2D eigenvalue weighted by molar-refractivity contribution is 0.0734. The maximum absolute atomic E-state index is 12.6. The van der Waals surface area contributed by atoms with E-state index in [4.69, 9.17) is 5.73 Å². The monoisotopic (exact) mass is 287 g/mol. The number of aryl methyl sites for hydroxylation is 2. The first-order chi connectivity index (χ1) is 9.58. The van der Waals surface area contributed by atoms with Gasteiger partial charge in [-0.05, 0) is 30.9 Å². The molecule has 1 aliphatic carbocycles. The molecule has 1 aromatic heterocycles. The molecule has 1 aromatic carbocycles. The molecule has 1 unspecified atom stereocenters. The van der Waals surface area contributed by atoms with Gasteiger partial charge < -0.3 is 10.6 Å². The maximum Gasteiger partial charge on any atom is 0.266 e. The van der Waals surface area contributed by atoms with Crippen LogP contribution in [-0.2, 0) is 6.42 Å². The lowest BCUT2D eigenvalue weighted by Crippen LogP contribution is -2.30. The number of aromatic nitrogens is 1. The first-order valence-electron chi connectivity index (χ1n) is 6.66. The fourth-order valence-corrected chi connectivity index (χ4v) is 3.67. The van der Waals surface area contributed by atoms with Crippen LogP contribution < -0.4 is 5.73 Å². The summed E-state index contributed by atoms with van der Waals surface area (Å²) in [5, 5.41) is 0.450. The quantitative estimate of drug-likeness (QED) is 0.924. The van der Waals surface area contributed by atoms with Crippen LogP contribution in [0, 0.1) is 6.92 Å². The van der Waals surface area contributed by atoms with Crippen molar-refractivity contribution in [1.82, 2.24) is 9.88 Å². The summed E-state index contributed by atoms with van der Waals surface area (Å²) in [5.74, 6) is 0.0124. The average Bonchev–Trinajstić information content (AvgIpc) is 3.00. The van der Waals surface area contributed by atoms with E-state index in [2.05, 4.69) is 23.2 Å². The van der Waals surface area contributed by atoms with Crippen molar-refractivity contribution >= 4 is 22.4 Å². The predicted molar refractivity (Wildman–Crippen MR) is 80.9 cm³/mol. The predicted octanol–water partition coefficient (Wildman–Crippen LogP) is 2.79. The van der Waals surface area contributed by atoms with Crippen molar-refractivity contribution in [2.45, 2.75) is 25.8 Å². The molecule has 0 spiro atoms. The number of carbonyl (C=O) groups excluding carboxylic acids is 1. The number of benzene rings is 1. The highest BCUT2D eigenvalue weighted by molar-refractivity contribution is 7.17. The Morgan fingerprint density at radius 3 is 2.90 bits per heavy atom. The molecule has 20 heavy (non-hydrogen) atoms. The summed E-state index contributed by atoms with van der Waals surface area (Å²) >= 11 is 1.27. The smallest absolute Gasteiger partial charge is 0.266 e. The molecule has 4 nitrogen and oxygen atoms in total. The summed E-state index contributed by atoms with van der Waals surface area (Å²) in [5.41, 5.74) is 9.01. The van der Waals surface area contributed by atoms with Gasteiger partial charge in [-0.1, -0.05) is 35.6 Å². The number of nitrogen functional groups attached to an aromatic ring is 1. The van der Waals surface area contributed by atoms with Gasteiger partial charge >= 0.3 is 0 Å². The average molecular weight is 287 g/mol. The van der Waals surface area contributed by atoms with Gasteiger partial charge in [0, 0.05) is 7.05 Å². The number of nitrogens with zero attached hydrogens (tertiary/aromatic N) is 2. The third-order valence-electron chi connectivity index (χ3n) is 3.90. The molecule has 5 heteroatoms. The summed E-state index contributed by atoms with van der Waals surface area (Å²) in [6, 6.07) is 8.50. The van der Waals surface area contributed by atoms with Crippen LogP contribution in [0.5, 0.6) is 0 Å². The minimum absolute atomic E-state index is 0.0124. The molecule has 3 rings (SSSR count). The zero-order valence-corrected chi connectivity index (χ0v) is 12.4. The van der Waals surface area contributed by atoms with E-state index in [-0.39, 0.29) is 11.9 Å². The molecule has 1 atom stereocenters. The van der Waals surface area contributed by atoms with Crippen LogP contribution in [0.4, 0.5) is 5.13 Å². The van der Waals surface area contributed by atoms with Crippen molar-refractivity contribution < 1.29 is 4.79 Å². The Morgan fingerprint density at radius 2 is 2.20 bits per heavy atom. The van der Waals surface area contributed by atoms with Gasteiger partial charge in [0.05, 0.1) is 11.7 Å². The number of fused-ring (bicyclic) bond motifs is 1. The van der Waals surface area contributed by atoms with E-state index in [0.717, 1.165) is 18.5 Å². The minimum Gasteiger partial charge on any atom is -0.375 e. The van der Waals surface area contributed by atoms with Crippen LogP contribution in [-0.4, -0.2) is 22.8 Å². The molecule has 0 fully saturated rings. The number of thiazole rings is 1.